The van der Waals surface area contributed by atoms with Gasteiger partial charge in [0.05, 0.1) is 17.2 Å². The van der Waals surface area contributed by atoms with E-state index < -0.39 is 0 Å². The van der Waals surface area contributed by atoms with E-state index in [0.29, 0.717) is 6.54 Å². The van der Waals surface area contributed by atoms with Crippen LogP contribution >= 0.6 is 0 Å². The standard InChI is InChI=1S/C9H13N.C8H11N3/c1-3-8-6-5-7-10-9(8)4-2;9-5-8-10-6-3-1-2-4-7(6)11-8/h5-7H,3-4H2,1-2H3;3-4H,1-2,5,9H2,(H,10,11). The summed E-state index contributed by atoms with van der Waals surface area (Å²) >= 11 is 0. The maximum Gasteiger partial charge on any atom is 0.121 e. The summed E-state index contributed by atoms with van der Waals surface area (Å²) in [4.78, 5) is 11.7. The Morgan fingerprint density at radius 1 is 1.19 bits per heavy atom. The fourth-order valence-corrected chi connectivity index (χ4v) is 2.42. The zero-order valence-corrected chi connectivity index (χ0v) is 12.9. The zero-order chi connectivity index (χ0) is 15.1. The number of hydrogen-bond donors (Lipinski definition) is 2. The lowest BCUT2D eigenvalue weighted by atomic mass is 10.1. The molecule has 0 radical (unpaired) electrons. The molecule has 21 heavy (non-hydrogen) atoms. The van der Waals surface area contributed by atoms with Gasteiger partial charge in [0.25, 0.3) is 0 Å². The number of pyridine rings is 1. The van der Waals surface area contributed by atoms with E-state index in [4.69, 9.17) is 5.73 Å². The molecule has 4 nitrogen and oxygen atoms in total. The second kappa shape index (κ2) is 7.74. The SMILES string of the molecule is CCc1cccnc1CC.NCc1nc2c([nH]1)=CCCC=2. The molecule has 0 saturated carbocycles. The van der Waals surface area contributed by atoms with E-state index in [1.54, 1.807) is 0 Å². The Balaban J connectivity index is 0.000000155. The van der Waals surface area contributed by atoms with Gasteiger partial charge in [-0.25, -0.2) is 4.98 Å². The van der Waals surface area contributed by atoms with Gasteiger partial charge >= 0.3 is 0 Å². The Morgan fingerprint density at radius 2 is 2.00 bits per heavy atom. The first-order valence-corrected chi connectivity index (χ1v) is 7.66. The molecule has 3 rings (SSSR count). The molecule has 0 amide bonds. The number of nitrogens with zero attached hydrogens (tertiary/aromatic N) is 2. The van der Waals surface area contributed by atoms with Gasteiger partial charge in [-0.2, -0.15) is 0 Å². The summed E-state index contributed by atoms with van der Waals surface area (Å²) < 4.78 is 0. The number of aromatic amines is 1. The molecule has 2 aromatic rings. The maximum absolute atomic E-state index is 5.44. The highest BCUT2D eigenvalue weighted by Crippen LogP contribution is 2.05. The topological polar surface area (TPSA) is 67.6 Å². The molecule has 0 spiro atoms. The third-order valence-electron chi connectivity index (χ3n) is 3.56. The third-order valence-corrected chi connectivity index (χ3v) is 3.56. The number of H-pyrrole nitrogens is 1. The van der Waals surface area contributed by atoms with E-state index in [0.717, 1.165) is 42.2 Å². The summed E-state index contributed by atoms with van der Waals surface area (Å²) in [5.74, 6) is 0.879. The monoisotopic (exact) mass is 284 g/mol. The fraction of sp³-hybridized carbons (Fsp3) is 0.412. The van der Waals surface area contributed by atoms with Crippen LogP contribution in [0.4, 0.5) is 0 Å². The fourth-order valence-electron chi connectivity index (χ4n) is 2.42. The Hall–Kier alpha value is -1.94. The number of fused-ring (bicyclic) bond motifs is 1. The summed E-state index contributed by atoms with van der Waals surface area (Å²) in [7, 11) is 0. The Bertz CT molecular complexity index is 629. The van der Waals surface area contributed by atoms with Gasteiger partial charge in [-0.05, 0) is 37.3 Å². The number of nitrogens with one attached hydrogen (secondary N) is 1. The summed E-state index contributed by atoms with van der Waals surface area (Å²) in [5, 5.41) is 2.20. The average Bonchev–Trinajstić information content (AvgIpc) is 2.98. The molecule has 0 aliphatic heterocycles. The molecule has 1 aliphatic carbocycles. The van der Waals surface area contributed by atoms with Gasteiger partial charge in [-0.15, -0.1) is 0 Å². The van der Waals surface area contributed by atoms with Crippen molar-refractivity contribution in [2.24, 2.45) is 5.73 Å². The van der Waals surface area contributed by atoms with E-state index in [2.05, 4.69) is 47.0 Å². The average molecular weight is 284 g/mol. The van der Waals surface area contributed by atoms with Gasteiger partial charge in [-0.3, -0.25) is 4.98 Å². The first-order chi connectivity index (χ1) is 10.3. The van der Waals surface area contributed by atoms with E-state index in [-0.39, 0.29) is 0 Å². The minimum absolute atomic E-state index is 0.495. The maximum atomic E-state index is 5.44. The molecule has 3 N–H and O–H groups in total. The lowest BCUT2D eigenvalue weighted by molar-refractivity contribution is 0.943. The van der Waals surface area contributed by atoms with Crippen molar-refractivity contribution in [3.63, 3.8) is 0 Å². The molecule has 112 valence electrons. The lowest BCUT2D eigenvalue weighted by Gasteiger charge is -2.01. The minimum Gasteiger partial charge on any atom is -0.341 e. The molecule has 0 fully saturated rings. The first kappa shape index (κ1) is 15.4. The molecular formula is C17H24N4. The number of hydrogen-bond acceptors (Lipinski definition) is 3. The zero-order valence-electron chi connectivity index (χ0n) is 12.9. The van der Waals surface area contributed by atoms with Crippen molar-refractivity contribution in [2.45, 2.75) is 46.1 Å². The number of nitrogens with two attached hydrogens (primary N) is 1. The van der Waals surface area contributed by atoms with Crippen LogP contribution in [0, 0.1) is 0 Å². The van der Waals surface area contributed by atoms with E-state index in [1.807, 2.05) is 12.3 Å². The van der Waals surface area contributed by atoms with Crippen molar-refractivity contribution >= 4 is 12.2 Å². The highest BCUT2D eigenvalue weighted by Gasteiger charge is 1.98. The minimum atomic E-state index is 0.495. The Labute approximate surface area is 125 Å². The van der Waals surface area contributed by atoms with Crippen LogP contribution in [0.2, 0.25) is 0 Å². The van der Waals surface area contributed by atoms with Gasteiger partial charge in [0, 0.05) is 11.9 Å². The highest BCUT2D eigenvalue weighted by atomic mass is 14.9. The first-order valence-electron chi connectivity index (χ1n) is 7.66. The van der Waals surface area contributed by atoms with Crippen LogP contribution in [-0.2, 0) is 19.4 Å². The van der Waals surface area contributed by atoms with Crippen molar-refractivity contribution in [1.29, 1.82) is 0 Å². The second-order valence-corrected chi connectivity index (χ2v) is 4.99. The Morgan fingerprint density at radius 3 is 2.62 bits per heavy atom. The van der Waals surface area contributed by atoms with Gasteiger partial charge in [0.15, 0.2) is 0 Å². The van der Waals surface area contributed by atoms with Crippen LogP contribution in [0.15, 0.2) is 18.3 Å². The number of rotatable bonds is 3. The van der Waals surface area contributed by atoms with Gasteiger partial charge < -0.3 is 10.7 Å². The summed E-state index contributed by atoms with van der Waals surface area (Å²) in [6, 6.07) is 4.14. The lowest BCUT2D eigenvalue weighted by Crippen LogP contribution is -2.26. The molecule has 0 unspecified atom stereocenters. The molecule has 2 aromatic heterocycles. The molecule has 0 atom stereocenters. The molecule has 2 heterocycles. The van der Waals surface area contributed by atoms with Crippen LogP contribution in [0.5, 0.6) is 0 Å². The predicted octanol–water partition coefficient (Wildman–Crippen LogP) is 1.43. The third kappa shape index (κ3) is 4.02. The normalized spacial score (nSPS) is 12.5. The van der Waals surface area contributed by atoms with Crippen LogP contribution in [0.3, 0.4) is 0 Å². The number of aryl methyl sites for hydroxylation is 2. The van der Waals surface area contributed by atoms with E-state index in [1.165, 1.54) is 11.3 Å². The van der Waals surface area contributed by atoms with E-state index in [9.17, 15) is 0 Å². The quantitative estimate of drug-likeness (QED) is 0.896. The van der Waals surface area contributed by atoms with Crippen LogP contribution < -0.4 is 16.4 Å². The van der Waals surface area contributed by atoms with Gasteiger partial charge in [-0.1, -0.05) is 32.1 Å². The van der Waals surface area contributed by atoms with Crippen LogP contribution in [-0.4, -0.2) is 15.0 Å². The van der Waals surface area contributed by atoms with Crippen LogP contribution in [0.1, 0.15) is 43.8 Å². The number of imidazole rings is 1. The Kier molecular flexibility index (Phi) is 5.69. The summed E-state index contributed by atoms with van der Waals surface area (Å²) in [6.07, 6.45) is 10.5. The van der Waals surface area contributed by atoms with Crippen molar-refractivity contribution in [3.8, 4) is 0 Å². The van der Waals surface area contributed by atoms with E-state index >= 15 is 0 Å². The molecule has 0 aromatic carbocycles. The largest absolute Gasteiger partial charge is 0.341 e. The number of aromatic nitrogens is 3. The van der Waals surface area contributed by atoms with Crippen molar-refractivity contribution in [2.75, 3.05) is 0 Å². The van der Waals surface area contributed by atoms with Gasteiger partial charge in [0.2, 0.25) is 0 Å². The molecule has 0 bridgehead atoms. The summed E-state index contributed by atoms with van der Waals surface area (Å²) in [5.41, 5.74) is 8.06. The smallest absolute Gasteiger partial charge is 0.121 e. The molecule has 4 heteroatoms. The van der Waals surface area contributed by atoms with Crippen LogP contribution in [0.25, 0.3) is 12.2 Å². The predicted molar refractivity (Wildman–Crippen MR) is 86.9 cm³/mol. The van der Waals surface area contributed by atoms with Crippen molar-refractivity contribution in [1.82, 2.24) is 15.0 Å². The molecule has 0 saturated heterocycles. The molecule has 1 aliphatic rings. The second-order valence-electron chi connectivity index (χ2n) is 4.99. The van der Waals surface area contributed by atoms with Crippen molar-refractivity contribution < 1.29 is 0 Å². The van der Waals surface area contributed by atoms with Gasteiger partial charge in [0.1, 0.15) is 5.82 Å². The van der Waals surface area contributed by atoms with Crippen molar-refractivity contribution in [3.05, 3.63) is 46.1 Å². The summed E-state index contributed by atoms with van der Waals surface area (Å²) in [6.45, 7) is 4.80. The molecular weight excluding hydrogens is 260 g/mol. The highest BCUT2D eigenvalue weighted by molar-refractivity contribution is 5.33.